The summed E-state index contributed by atoms with van der Waals surface area (Å²) in [5.41, 5.74) is 0. The number of hydrogen-bond donors (Lipinski definition) is 2. The molecule has 21 heavy (non-hydrogen) atoms. The van der Waals surface area contributed by atoms with Crippen LogP contribution < -0.4 is 10.6 Å². The van der Waals surface area contributed by atoms with Crippen LogP contribution >= 0.6 is 0 Å². The second-order valence-electron chi connectivity index (χ2n) is 5.85. The summed E-state index contributed by atoms with van der Waals surface area (Å²) in [5, 5.41) is 6.33. The number of carbonyl (C=O) groups is 2. The molecule has 0 radical (unpaired) electrons. The average Bonchev–Trinajstić information content (AvgIpc) is 2.92. The Hall–Kier alpha value is -1.14. The summed E-state index contributed by atoms with van der Waals surface area (Å²) in [6.07, 6.45) is 3.13. The molecule has 2 aliphatic heterocycles. The second-order valence-corrected chi connectivity index (χ2v) is 5.85. The summed E-state index contributed by atoms with van der Waals surface area (Å²) in [6, 6.07) is -0.279. The van der Waals surface area contributed by atoms with Gasteiger partial charge in [0.15, 0.2) is 0 Å². The van der Waals surface area contributed by atoms with E-state index in [9.17, 15) is 9.59 Å². The highest BCUT2D eigenvalue weighted by molar-refractivity contribution is 5.88. The maximum atomic E-state index is 12.2. The van der Waals surface area contributed by atoms with Gasteiger partial charge >= 0.3 is 0 Å². The van der Waals surface area contributed by atoms with Crippen molar-refractivity contribution in [3.8, 4) is 0 Å². The molecule has 0 aromatic rings. The Labute approximate surface area is 127 Å². The molecule has 2 rings (SSSR count). The van der Waals surface area contributed by atoms with Crippen LogP contribution in [0.5, 0.6) is 0 Å². The van der Waals surface area contributed by atoms with Crippen molar-refractivity contribution in [2.24, 2.45) is 0 Å². The molecular formula is C15H28N4O2. The van der Waals surface area contributed by atoms with Gasteiger partial charge in [0.25, 0.3) is 0 Å². The lowest BCUT2D eigenvalue weighted by molar-refractivity contribution is -0.137. The molecule has 0 saturated carbocycles. The molecule has 0 aliphatic carbocycles. The minimum Gasteiger partial charge on any atom is -0.354 e. The molecule has 2 aliphatic rings. The van der Waals surface area contributed by atoms with E-state index in [2.05, 4.69) is 15.5 Å². The van der Waals surface area contributed by atoms with Crippen molar-refractivity contribution in [2.45, 2.75) is 38.6 Å². The van der Waals surface area contributed by atoms with Gasteiger partial charge in [-0.3, -0.25) is 9.59 Å². The number of rotatable bonds is 7. The lowest BCUT2D eigenvalue weighted by Crippen LogP contribution is -2.48. The third kappa shape index (κ3) is 4.68. The summed E-state index contributed by atoms with van der Waals surface area (Å²) >= 11 is 0. The monoisotopic (exact) mass is 296 g/mol. The van der Waals surface area contributed by atoms with Crippen LogP contribution in [0.1, 0.15) is 32.6 Å². The Morgan fingerprint density at radius 1 is 1.33 bits per heavy atom. The summed E-state index contributed by atoms with van der Waals surface area (Å²) < 4.78 is 0. The average molecular weight is 296 g/mol. The number of amides is 2. The van der Waals surface area contributed by atoms with E-state index in [1.54, 1.807) is 4.90 Å². The molecule has 2 saturated heterocycles. The Balaban J connectivity index is 1.66. The highest BCUT2D eigenvalue weighted by Crippen LogP contribution is 2.15. The summed E-state index contributed by atoms with van der Waals surface area (Å²) in [5.74, 6) is 0.130. The molecule has 1 atom stereocenters. The van der Waals surface area contributed by atoms with E-state index in [4.69, 9.17) is 0 Å². The summed E-state index contributed by atoms with van der Waals surface area (Å²) in [6.45, 7) is 8.72. The number of hydrogen-bond acceptors (Lipinski definition) is 4. The van der Waals surface area contributed by atoms with Crippen LogP contribution in [-0.4, -0.2) is 73.5 Å². The van der Waals surface area contributed by atoms with Crippen LogP contribution in [0.3, 0.4) is 0 Å². The Bertz CT molecular complexity index is 356. The van der Waals surface area contributed by atoms with E-state index in [1.165, 1.54) is 0 Å². The Morgan fingerprint density at radius 2 is 2.10 bits per heavy atom. The number of nitrogens with one attached hydrogen (secondary N) is 2. The van der Waals surface area contributed by atoms with E-state index in [-0.39, 0.29) is 17.9 Å². The first-order valence-electron chi connectivity index (χ1n) is 8.22. The molecule has 0 aromatic heterocycles. The van der Waals surface area contributed by atoms with Crippen molar-refractivity contribution in [2.75, 3.05) is 45.8 Å². The molecule has 2 heterocycles. The standard InChI is InChI=1S/C15H28N4O2/c1-2-13(19-10-3-5-14(19)20)15(21)17-6-4-9-18-11-7-16-8-12-18/h13,16H,2-12H2,1H3,(H,17,21). The van der Waals surface area contributed by atoms with Crippen LogP contribution in [0.25, 0.3) is 0 Å². The van der Waals surface area contributed by atoms with Crippen molar-refractivity contribution in [1.82, 2.24) is 20.4 Å². The number of likely N-dealkylation sites (tertiary alicyclic amines) is 1. The molecular weight excluding hydrogens is 268 g/mol. The summed E-state index contributed by atoms with van der Waals surface area (Å²) in [7, 11) is 0. The maximum absolute atomic E-state index is 12.2. The number of piperazine rings is 1. The van der Waals surface area contributed by atoms with Crippen molar-refractivity contribution in [1.29, 1.82) is 0 Å². The zero-order valence-electron chi connectivity index (χ0n) is 13.1. The van der Waals surface area contributed by atoms with Crippen molar-refractivity contribution in [3.63, 3.8) is 0 Å². The molecule has 6 heteroatoms. The molecule has 0 spiro atoms. The predicted octanol–water partition coefficient (Wildman–Crippen LogP) is -0.201. The van der Waals surface area contributed by atoms with Crippen molar-refractivity contribution >= 4 is 11.8 Å². The predicted molar refractivity (Wildman–Crippen MR) is 82.0 cm³/mol. The molecule has 0 bridgehead atoms. The minimum absolute atomic E-state index is 0.00746. The van der Waals surface area contributed by atoms with Gasteiger partial charge in [-0.15, -0.1) is 0 Å². The minimum atomic E-state index is -0.279. The smallest absolute Gasteiger partial charge is 0.242 e. The van der Waals surface area contributed by atoms with Crippen LogP contribution in [0, 0.1) is 0 Å². The van der Waals surface area contributed by atoms with Crippen LogP contribution in [0.15, 0.2) is 0 Å². The topological polar surface area (TPSA) is 64.7 Å². The van der Waals surface area contributed by atoms with Gasteiger partial charge < -0.3 is 20.4 Å². The van der Waals surface area contributed by atoms with Gasteiger partial charge in [-0.2, -0.15) is 0 Å². The zero-order chi connectivity index (χ0) is 15.1. The van der Waals surface area contributed by atoms with Crippen molar-refractivity contribution in [3.05, 3.63) is 0 Å². The number of carbonyl (C=O) groups excluding carboxylic acids is 2. The largest absolute Gasteiger partial charge is 0.354 e. The fourth-order valence-electron chi connectivity index (χ4n) is 3.11. The van der Waals surface area contributed by atoms with Gasteiger partial charge in [0.1, 0.15) is 6.04 Å². The van der Waals surface area contributed by atoms with Gasteiger partial charge in [0.2, 0.25) is 11.8 Å². The molecule has 2 N–H and O–H groups in total. The highest BCUT2D eigenvalue weighted by atomic mass is 16.2. The van der Waals surface area contributed by atoms with Gasteiger partial charge in [-0.1, -0.05) is 6.92 Å². The van der Waals surface area contributed by atoms with E-state index < -0.39 is 0 Å². The van der Waals surface area contributed by atoms with E-state index in [0.29, 0.717) is 19.4 Å². The fraction of sp³-hybridized carbons (Fsp3) is 0.867. The van der Waals surface area contributed by atoms with E-state index in [1.807, 2.05) is 6.92 Å². The molecule has 2 fully saturated rings. The third-order valence-electron chi connectivity index (χ3n) is 4.34. The second kappa shape index (κ2) is 8.34. The van der Waals surface area contributed by atoms with Crippen LogP contribution in [0.2, 0.25) is 0 Å². The molecule has 1 unspecified atom stereocenters. The van der Waals surface area contributed by atoms with Gasteiger partial charge in [0.05, 0.1) is 0 Å². The molecule has 120 valence electrons. The first kappa shape index (κ1) is 16.2. The van der Waals surface area contributed by atoms with Crippen LogP contribution in [0.4, 0.5) is 0 Å². The van der Waals surface area contributed by atoms with Crippen molar-refractivity contribution < 1.29 is 9.59 Å². The quantitative estimate of drug-likeness (QED) is 0.639. The van der Waals surface area contributed by atoms with Crippen LogP contribution in [-0.2, 0) is 9.59 Å². The van der Waals surface area contributed by atoms with Gasteiger partial charge in [0, 0.05) is 45.7 Å². The Morgan fingerprint density at radius 3 is 2.71 bits per heavy atom. The summed E-state index contributed by atoms with van der Waals surface area (Å²) in [4.78, 5) is 28.1. The van der Waals surface area contributed by atoms with Gasteiger partial charge in [-0.25, -0.2) is 0 Å². The molecule has 2 amide bonds. The molecule has 0 aromatic carbocycles. The lowest BCUT2D eigenvalue weighted by Gasteiger charge is -2.28. The normalized spacial score (nSPS) is 21.6. The zero-order valence-corrected chi connectivity index (χ0v) is 13.1. The number of nitrogens with zero attached hydrogens (tertiary/aromatic N) is 2. The van der Waals surface area contributed by atoms with E-state index in [0.717, 1.165) is 52.1 Å². The third-order valence-corrected chi connectivity index (χ3v) is 4.34. The first-order valence-corrected chi connectivity index (χ1v) is 8.22. The fourth-order valence-corrected chi connectivity index (χ4v) is 3.11. The van der Waals surface area contributed by atoms with Gasteiger partial charge in [-0.05, 0) is 25.8 Å². The highest BCUT2D eigenvalue weighted by Gasteiger charge is 2.31. The Kier molecular flexibility index (Phi) is 6.45. The lowest BCUT2D eigenvalue weighted by atomic mass is 10.2. The maximum Gasteiger partial charge on any atom is 0.242 e. The SMILES string of the molecule is CCC(C(=O)NCCCN1CCNCC1)N1CCCC1=O. The molecule has 6 nitrogen and oxygen atoms in total. The van der Waals surface area contributed by atoms with E-state index >= 15 is 0 Å². The first-order chi connectivity index (χ1) is 10.2.